The second kappa shape index (κ2) is 6.32. The van der Waals surface area contributed by atoms with Crippen molar-refractivity contribution in [1.29, 1.82) is 5.26 Å². The molecule has 28 heavy (non-hydrogen) atoms. The van der Waals surface area contributed by atoms with Crippen LogP contribution in [-0.2, 0) is 13.1 Å². The van der Waals surface area contributed by atoms with Crippen LogP contribution in [0.3, 0.4) is 0 Å². The van der Waals surface area contributed by atoms with E-state index in [2.05, 4.69) is 22.2 Å². The second-order valence-corrected chi connectivity index (χ2v) is 6.73. The molecule has 0 fully saturated rings. The van der Waals surface area contributed by atoms with E-state index in [4.69, 9.17) is 5.26 Å². The molecule has 4 aromatic rings. The number of hydrogen-bond acceptors (Lipinski definition) is 4. The summed E-state index contributed by atoms with van der Waals surface area (Å²) >= 11 is 0. The van der Waals surface area contributed by atoms with E-state index in [0.717, 1.165) is 27.6 Å². The first-order valence-electron chi connectivity index (χ1n) is 8.92. The number of aromatic nitrogens is 3. The third-order valence-electron chi connectivity index (χ3n) is 5.00. The third kappa shape index (κ3) is 2.61. The van der Waals surface area contributed by atoms with Crippen molar-refractivity contribution in [1.82, 2.24) is 14.8 Å². The molecule has 2 aromatic heterocycles. The normalized spacial score (nSPS) is 13.0. The molecule has 0 aliphatic carbocycles. The first-order chi connectivity index (χ1) is 13.7. The molecule has 1 aliphatic rings. The van der Waals surface area contributed by atoms with Crippen LogP contribution in [0.15, 0.2) is 67.1 Å². The first kappa shape index (κ1) is 16.2. The molecule has 6 nitrogen and oxygen atoms in total. The lowest BCUT2D eigenvalue weighted by Crippen LogP contribution is -2.22. The highest BCUT2D eigenvalue weighted by Gasteiger charge is 2.29. The van der Waals surface area contributed by atoms with E-state index in [-0.39, 0.29) is 12.5 Å². The molecular weight excluding hydrogens is 350 g/mol. The Labute approximate surface area is 161 Å². The Morgan fingerprint density at radius 2 is 1.96 bits per heavy atom. The van der Waals surface area contributed by atoms with Crippen molar-refractivity contribution in [3.8, 4) is 17.2 Å². The molecule has 2 aromatic carbocycles. The Bertz CT molecular complexity index is 1270. The Kier molecular flexibility index (Phi) is 3.66. The summed E-state index contributed by atoms with van der Waals surface area (Å²) in [4.78, 5) is 19.0. The van der Waals surface area contributed by atoms with Gasteiger partial charge in [0.25, 0.3) is 5.91 Å². The fraction of sp³-hybridized carbons (Fsp3) is 0.0909. The molecular formula is C22H15N5O. The maximum atomic E-state index is 12.8. The Morgan fingerprint density at radius 3 is 2.86 bits per heavy atom. The van der Waals surface area contributed by atoms with Crippen LogP contribution in [0.25, 0.3) is 22.0 Å². The minimum absolute atomic E-state index is 0.0466. The van der Waals surface area contributed by atoms with Crippen LogP contribution < -0.4 is 4.90 Å². The standard InChI is InChI=1S/C22H15N5O/c23-7-8-26-14-19(12-25-26)27-13-18-9-15(5-6-20(18)22(27)28)17-10-16-3-1-2-4-21(16)24-11-17/h1-6,9-12,14H,8,13H2. The summed E-state index contributed by atoms with van der Waals surface area (Å²) in [7, 11) is 0. The average Bonchev–Trinajstić information content (AvgIpc) is 3.32. The van der Waals surface area contributed by atoms with Gasteiger partial charge in [-0.1, -0.05) is 24.3 Å². The SMILES string of the molecule is N#CCn1cc(N2Cc3cc(-c4cnc5ccccc5c4)ccc3C2=O)cn1. The van der Waals surface area contributed by atoms with Gasteiger partial charge in [0.05, 0.1) is 30.0 Å². The van der Waals surface area contributed by atoms with Crippen molar-refractivity contribution < 1.29 is 4.79 Å². The average molecular weight is 365 g/mol. The first-order valence-corrected chi connectivity index (χ1v) is 8.92. The molecule has 5 rings (SSSR count). The lowest BCUT2D eigenvalue weighted by molar-refractivity contribution is 0.0996. The van der Waals surface area contributed by atoms with Crippen LogP contribution >= 0.6 is 0 Å². The maximum Gasteiger partial charge on any atom is 0.259 e. The Balaban J connectivity index is 1.48. The lowest BCUT2D eigenvalue weighted by Gasteiger charge is -2.12. The third-order valence-corrected chi connectivity index (χ3v) is 5.00. The van der Waals surface area contributed by atoms with Crippen molar-refractivity contribution in [2.24, 2.45) is 0 Å². The van der Waals surface area contributed by atoms with Crippen LogP contribution in [-0.4, -0.2) is 20.7 Å². The van der Waals surface area contributed by atoms with Crippen LogP contribution in [0.2, 0.25) is 0 Å². The number of fused-ring (bicyclic) bond motifs is 2. The molecule has 1 amide bonds. The largest absolute Gasteiger partial charge is 0.301 e. The quantitative estimate of drug-likeness (QED) is 0.554. The summed E-state index contributed by atoms with van der Waals surface area (Å²) in [6.45, 7) is 0.648. The summed E-state index contributed by atoms with van der Waals surface area (Å²) in [5.74, 6) is -0.0466. The zero-order valence-electron chi connectivity index (χ0n) is 14.9. The number of hydrogen-bond donors (Lipinski definition) is 0. The van der Waals surface area contributed by atoms with Gasteiger partial charge in [0.1, 0.15) is 6.54 Å². The Hall–Kier alpha value is -3.98. The van der Waals surface area contributed by atoms with E-state index in [9.17, 15) is 4.79 Å². The van der Waals surface area contributed by atoms with Gasteiger partial charge in [-0.15, -0.1) is 0 Å². The van der Waals surface area contributed by atoms with Crippen LogP contribution in [0.4, 0.5) is 5.69 Å². The van der Waals surface area contributed by atoms with Crippen molar-refractivity contribution in [3.05, 3.63) is 78.2 Å². The van der Waals surface area contributed by atoms with Gasteiger partial charge in [0.15, 0.2) is 0 Å². The molecule has 0 saturated carbocycles. The van der Waals surface area contributed by atoms with Gasteiger partial charge in [0, 0.05) is 28.9 Å². The minimum Gasteiger partial charge on any atom is -0.301 e. The molecule has 0 saturated heterocycles. The molecule has 6 heteroatoms. The van der Waals surface area contributed by atoms with Gasteiger partial charge in [-0.05, 0) is 35.4 Å². The zero-order chi connectivity index (χ0) is 19.1. The monoisotopic (exact) mass is 365 g/mol. The van der Waals surface area contributed by atoms with Crippen molar-refractivity contribution in [2.75, 3.05) is 4.90 Å². The summed E-state index contributed by atoms with van der Waals surface area (Å²) in [5, 5.41) is 14.0. The fourth-order valence-electron chi connectivity index (χ4n) is 3.59. The fourth-order valence-corrected chi connectivity index (χ4v) is 3.59. The van der Waals surface area contributed by atoms with Gasteiger partial charge in [-0.2, -0.15) is 10.4 Å². The molecule has 1 aliphatic heterocycles. The number of benzene rings is 2. The van der Waals surface area contributed by atoms with E-state index in [1.165, 1.54) is 4.68 Å². The van der Waals surface area contributed by atoms with E-state index in [0.29, 0.717) is 17.8 Å². The van der Waals surface area contributed by atoms with E-state index in [1.54, 1.807) is 17.3 Å². The smallest absolute Gasteiger partial charge is 0.259 e. The van der Waals surface area contributed by atoms with Crippen LogP contribution in [0.1, 0.15) is 15.9 Å². The van der Waals surface area contributed by atoms with Gasteiger partial charge < -0.3 is 4.90 Å². The lowest BCUT2D eigenvalue weighted by atomic mass is 10.0. The summed E-state index contributed by atoms with van der Waals surface area (Å²) in [6, 6.07) is 18.1. The molecule has 0 unspecified atom stereocenters. The number of amides is 1. The molecule has 3 heterocycles. The molecule has 0 bridgehead atoms. The number of nitriles is 1. The van der Waals surface area contributed by atoms with Crippen molar-refractivity contribution in [3.63, 3.8) is 0 Å². The molecule has 0 N–H and O–H groups in total. The van der Waals surface area contributed by atoms with E-state index < -0.39 is 0 Å². The maximum absolute atomic E-state index is 12.8. The summed E-state index contributed by atoms with van der Waals surface area (Å²) < 4.78 is 1.53. The summed E-state index contributed by atoms with van der Waals surface area (Å²) in [5.41, 5.74) is 5.39. The minimum atomic E-state index is -0.0466. The van der Waals surface area contributed by atoms with Crippen LogP contribution in [0.5, 0.6) is 0 Å². The molecule has 0 atom stereocenters. The van der Waals surface area contributed by atoms with Crippen LogP contribution in [0, 0.1) is 11.3 Å². The Morgan fingerprint density at radius 1 is 1.07 bits per heavy atom. The summed E-state index contributed by atoms with van der Waals surface area (Å²) in [6.07, 6.45) is 5.21. The molecule has 0 spiro atoms. The van der Waals surface area contributed by atoms with Gasteiger partial charge >= 0.3 is 0 Å². The predicted molar refractivity (Wildman–Crippen MR) is 106 cm³/mol. The van der Waals surface area contributed by atoms with Crippen molar-refractivity contribution >= 4 is 22.5 Å². The topological polar surface area (TPSA) is 74.8 Å². The number of carbonyl (C=O) groups excluding carboxylic acids is 1. The van der Waals surface area contributed by atoms with E-state index in [1.807, 2.05) is 48.7 Å². The second-order valence-electron chi connectivity index (χ2n) is 6.73. The highest BCUT2D eigenvalue weighted by Crippen LogP contribution is 2.32. The van der Waals surface area contributed by atoms with Crippen molar-refractivity contribution in [2.45, 2.75) is 13.1 Å². The predicted octanol–water partition coefficient (Wildman–Crippen LogP) is 3.78. The number of anilines is 1. The van der Waals surface area contributed by atoms with Gasteiger partial charge in [-0.3, -0.25) is 14.5 Å². The zero-order valence-corrected chi connectivity index (χ0v) is 14.9. The number of nitrogens with zero attached hydrogens (tertiary/aromatic N) is 5. The molecule has 0 radical (unpaired) electrons. The number of carbonyl (C=O) groups is 1. The van der Waals surface area contributed by atoms with Gasteiger partial charge in [0.2, 0.25) is 0 Å². The highest BCUT2D eigenvalue weighted by atomic mass is 16.2. The van der Waals surface area contributed by atoms with Gasteiger partial charge in [-0.25, -0.2) is 0 Å². The highest BCUT2D eigenvalue weighted by molar-refractivity contribution is 6.10. The van der Waals surface area contributed by atoms with E-state index >= 15 is 0 Å². The number of rotatable bonds is 3. The number of para-hydroxylation sites is 1. The molecule has 134 valence electrons. The number of pyridine rings is 1.